The number of hydrogen-bond acceptors (Lipinski definition) is 3. The third-order valence-electron chi connectivity index (χ3n) is 2.99. The highest BCUT2D eigenvalue weighted by Gasteiger charge is 2.23. The van der Waals surface area contributed by atoms with Gasteiger partial charge < -0.3 is 16.0 Å². The Balaban J connectivity index is 2.37. The highest BCUT2D eigenvalue weighted by Crippen LogP contribution is 2.08. The van der Waals surface area contributed by atoms with E-state index >= 15 is 0 Å². The summed E-state index contributed by atoms with van der Waals surface area (Å²) in [6.45, 7) is 6.01. The minimum Gasteiger partial charge on any atom is -0.351 e. The van der Waals surface area contributed by atoms with E-state index in [0.29, 0.717) is 0 Å². The molecule has 0 aliphatic carbocycles. The van der Waals surface area contributed by atoms with Gasteiger partial charge in [-0.15, -0.1) is 0 Å². The summed E-state index contributed by atoms with van der Waals surface area (Å²) in [5.41, 5.74) is 5.79. The molecule has 1 aliphatic rings. The number of carbonyl (C=O) groups excluding carboxylic acids is 1. The second-order valence-corrected chi connectivity index (χ2v) is 4.88. The first-order valence-corrected chi connectivity index (χ1v) is 5.75. The molecule has 1 heterocycles. The van der Waals surface area contributed by atoms with Gasteiger partial charge >= 0.3 is 0 Å². The monoisotopic (exact) mass is 213 g/mol. The van der Waals surface area contributed by atoms with Crippen LogP contribution in [0.2, 0.25) is 0 Å². The number of piperidine rings is 1. The molecule has 1 amide bonds. The van der Waals surface area contributed by atoms with Crippen LogP contribution in [0.4, 0.5) is 0 Å². The van der Waals surface area contributed by atoms with Gasteiger partial charge in [0, 0.05) is 12.6 Å². The summed E-state index contributed by atoms with van der Waals surface area (Å²) in [6, 6.07) is -0.0988. The second kappa shape index (κ2) is 5.47. The van der Waals surface area contributed by atoms with E-state index in [1.54, 1.807) is 0 Å². The van der Waals surface area contributed by atoms with Gasteiger partial charge in [-0.05, 0) is 32.4 Å². The lowest BCUT2D eigenvalue weighted by atomic mass is 10.0. The number of rotatable bonds is 3. The Kier molecular flexibility index (Phi) is 4.54. The van der Waals surface area contributed by atoms with Crippen molar-refractivity contribution < 1.29 is 4.79 Å². The maximum Gasteiger partial charge on any atom is 0.237 e. The molecular formula is C11H23N3O. The minimum absolute atomic E-state index is 0.00898. The van der Waals surface area contributed by atoms with E-state index in [-0.39, 0.29) is 23.9 Å². The zero-order valence-electron chi connectivity index (χ0n) is 9.99. The van der Waals surface area contributed by atoms with Gasteiger partial charge in [-0.3, -0.25) is 4.79 Å². The molecule has 4 heteroatoms. The van der Waals surface area contributed by atoms with Crippen molar-refractivity contribution >= 4 is 5.91 Å². The summed E-state index contributed by atoms with van der Waals surface area (Å²) >= 11 is 0. The van der Waals surface area contributed by atoms with Crippen LogP contribution in [0.25, 0.3) is 0 Å². The third kappa shape index (κ3) is 3.80. The molecule has 0 aromatic heterocycles. The van der Waals surface area contributed by atoms with Gasteiger partial charge in [-0.25, -0.2) is 0 Å². The summed E-state index contributed by atoms with van der Waals surface area (Å²) < 4.78 is 0. The maximum absolute atomic E-state index is 11.7. The van der Waals surface area contributed by atoms with Crippen molar-refractivity contribution in [3.05, 3.63) is 0 Å². The molecule has 0 spiro atoms. The zero-order chi connectivity index (χ0) is 11.4. The minimum atomic E-state index is -0.378. The predicted octanol–water partition coefficient (Wildman–Crippen LogP) is 0.180. The normalized spacial score (nSPS) is 25.3. The average Bonchev–Trinajstić information content (AvgIpc) is 2.16. The fourth-order valence-corrected chi connectivity index (χ4v) is 1.88. The number of nitrogens with two attached hydrogens (primary N) is 1. The second-order valence-electron chi connectivity index (χ2n) is 4.88. The van der Waals surface area contributed by atoms with Crippen LogP contribution in [-0.2, 0) is 4.79 Å². The van der Waals surface area contributed by atoms with Crippen molar-refractivity contribution in [3.8, 4) is 0 Å². The summed E-state index contributed by atoms with van der Waals surface area (Å²) in [7, 11) is 2.08. The predicted molar refractivity (Wildman–Crippen MR) is 61.5 cm³/mol. The fourth-order valence-electron chi connectivity index (χ4n) is 1.88. The largest absolute Gasteiger partial charge is 0.351 e. The molecule has 1 rings (SSSR count). The van der Waals surface area contributed by atoms with Crippen molar-refractivity contribution in [2.75, 3.05) is 20.1 Å². The number of nitrogens with one attached hydrogen (secondary N) is 1. The molecule has 0 radical (unpaired) electrons. The van der Waals surface area contributed by atoms with E-state index in [2.05, 4.69) is 17.3 Å². The quantitative estimate of drug-likeness (QED) is 0.703. The van der Waals surface area contributed by atoms with Crippen LogP contribution >= 0.6 is 0 Å². The smallest absolute Gasteiger partial charge is 0.237 e. The van der Waals surface area contributed by atoms with Crippen LogP contribution in [0.5, 0.6) is 0 Å². The number of carbonyl (C=O) groups is 1. The first kappa shape index (κ1) is 12.5. The molecule has 3 N–H and O–H groups in total. The molecule has 4 nitrogen and oxygen atoms in total. The Morgan fingerprint density at radius 2 is 2.20 bits per heavy atom. The van der Waals surface area contributed by atoms with Crippen LogP contribution in [0, 0.1) is 5.92 Å². The van der Waals surface area contributed by atoms with Gasteiger partial charge in [-0.1, -0.05) is 13.8 Å². The van der Waals surface area contributed by atoms with Gasteiger partial charge in [0.2, 0.25) is 5.91 Å². The van der Waals surface area contributed by atoms with Crippen LogP contribution in [0.15, 0.2) is 0 Å². The van der Waals surface area contributed by atoms with E-state index in [0.717, 1.165) is 25.9 Å². The van der Waals surface area contributed by atoms with Crippen molar-refractivity contribution in [2.24, 2.45) is 11.7 Å². The van der Waals surface area contributed by atoms with Crippen molar-refractivity contribution in [3.63, 3.8) is 0 Å². The standard InChI is InChI=1S/C11H23N3O/c1-8(2)10(12)11(15)13-9-5-4-6-14(3)7-9/h8-10H,4-7,12H2,1-3H3,(H,13,15). The van der Waals surface area contributed by atoms with E-state index in [9.17, 15) is 4.79 Å². The first-order chi connectivity index (χ1) is 7.00. The summed E-state index contributed by atoms with van der Waals surface area (Å²) in [6.07, 6.45) is 2.22. The lowest BCUT2D eigenvalue weighted by Gasteiger charge is -2.31. The molecule has 1 aliphatic heterocycles. The Bertz CT molecular complexity index is 218. The number of likely N-dealkylation sites (tertiary alicyclic amines) is 1. The van der Waals surface area contributed by atoms with E-state index in [1.807, 2.05) is 13.8 Å². The number of amides is 1. The zero-order valence-corrected chi connectivity index (χ0v) is 9.99. The molecule has 2 unspecified atom stereocenters. The van der Waals surface area contributed by atoms with Crippen molar-refractivity contribution in [1.82, 2.24) is 10.2 Å². The van der Waals surface area contributed by atoms with E-state index in [1.165, 1.54) is 0 Å². The lowest BCUT2D eigenvalue weighted by molar-refractivity contribution is -0.124. The molecular weight excluding hydrogens is 190 g/mol. The molecule has 15 heavy (non-hydrogen) atoms. The average molecular weight is 213 g/mol. The van der Waals surface area contributed by atoms with Crippen molar-refractivity contribution in [1.29, 1.82) is 0 Å². The third-order valence-corrected chi connectivity index (χ3v) is 2.99. The van der Waals surface area contributed by atoms with Crippen LogP contribution < -0.4 is 11.1 Å². The topological polar surface area (TPSA) is 58.4 Å². The SMILES string of the molecule is CC(C)C(N)C(=O)NC1CCCN(C)C1. The number of nitrogens with zero attached hydrogens (tertiary/aromatic N) is 1. The lowest BCUT2D eigenvalue weighted by Crippen LogP contribution is -2.52. The molecule has 1 fully saturated rings. The Labute approximate surface area is 92.2 Å². The first-order valence-electron chi connectivity index (χ1n) is 5.75. The van der Waals surface area contributed by atoms with Crippen LogP contribution in [-0.4, -0.2) is 43.0 Å². The van der Waals surface area contributed by atoms with Crippen LogP contribution in [0.1, 0.15) is 26.7 Å². The highest BCUT2D eigenvalue weighted by atomic mass is 16.2. The molecule has 0 aromatic carbocycles. The summed E-state index contributed by atoms with van der Waals surface area (Å²) in [5.74, 6) is 0.191. The Morgan fingerprint density at radius 1 is 1.53 bits per heavy atom. The fraction of sp³-hybridized carbons (Fsp3) is 0.909. The van der Waals surface area contributed by atoms with E-state index < -0.39 is 0 Å². The molecule has 0 saturated carbocycles. The van der Waals surface area contributed by atoms with E-state index in [4.69, 9.17) is 5.73 Å². The van der Waals surface area contributed by atoms with Gasteiger partial charge in [0.15, 0.2) is 0 Å². The molecule has 0 bridgehead atoms. The Hall–Kier alpha value is -0.610. The van der Waals surface area contributed by atoms with Crippen LogP contribution in [0.3, 0.4) is 0 Å². The molecule has 0 aromatic rings. The van der Waals surface area contributed by atoms with Gasteiger partial charge in [0.05, 0.1) is 6.04 Å². The number of likely N-dealkylation sites (N-methyl/N-ethyl adjacent to an activating group) is 1. The Morgan fingerprint density at radius 3 is 2.73 bits per heavy atom. The van der Waals surface area contributed by atoms with Gasteiger partial charge in [0.25, 0.3) is 0 Å². The molecule has 1 saturated heterocycles. The maximum atomic E-state index is 11.7. The molecule has 2 atom stereocenters. The summed E-state index contributed by atoms with van der Waals surface area (Å²) in [5, 5.41) is 3.02. The molecule has 88 valence electrons. The highest BCUT2D eigenvalue weighted by molar-refractivity contribution is 5.82. The van der Waals surface area contributed by atoms with Gasteiger partial charge in [0.1, 0.15) is 0 Å². The van der Waals surface area contributed by atoms with Crippen molar-refractivity contribution in [2.45, 2.75) is 38.8 Å². The summed E-state index contributed by atoms with van der Waals surface area (Å²) in [4.78, 5) is 14.0. The number of hydrogen-bond donors (Lipinski definition) is 2. The van der Waals surface area contributed by atoms with Gasteiger partial charge in [-0.2, -0.15) is 0 Å².